The summed E-state index contributed by atoms with van der Waals surface area (Å²) >= 11 is 0. The molecule has 2 amide bonds. The van der Waals surface area contributed by atoms with Gasteiger partial charge in [-0.05, 0) is 44.0 Å². The first kappa shape index (κ1) is 23.8. The van der Waals surface area contributed by atoms with Crippen molar-refractivity contribution in [3.63, 3.8) is 0 Å². The fraction of sp³-hybridized carbons (Fsp3) is 0.280. The van der Waals surface area contributed by atoms with Crippen LogP contribution < -0.4 is 31.7 Å². The molecule has 0 saturated carbocycles. The van der Waals surface area contributed by atoms with Gasteiger partial charge in [0, 0.05) is 31.3 Å². The lowest BCUT2D eigenvalue weighted by Gasteiger charge is -2.32. The molecule has 0 atom stereocenters. The Morgan fingerprint density at radius 3 is 2.40 bits per heavy atom. The number of primary amides is 2. The van der Waals surface area contributed by atoms with Gasteiger partial charge in [-0.3, -0.25) is 9.59 Å². The Labute approximate surface area is 203 Å². The lowest BCUT2D eigenvalue weighted by molar-refractivity contribution is -0.122. The lowest BCUT2D eigenvalue weighted by Crippen LogP contribution is -2.38. The number of nitrogens with zero attached hydrogens (tertiary/aromatic N) is 3. The van der Waals surface area contributed by atoms with Crippen molar-refractivity contribution in [3.05, 3.63) is 60.4 Å². The summed E-state index contributed by atoms with van der Waals surface area (Å²) in [6.45, 7) is 3.93. The third-order valence-corrected chi connectivity index (χ3v) is 5.89. The van der Waals surface area contributed by atoms with E-state index in [2.05, 4.69) is 25.5 Å². The number of nitrogens with two attached hydrogens (primary N) is 2. The number of carbonyl (C=O) groups excluding carboxylic acids is 2. The molecule has 0 radical (unpaired) electrons. The predicted molar refractivity (Wildman–Crippen MR) is 135 cm³/mol. The number of nitrogens with one attached hydrogen (secondary N) is 2. The number of anilines is 5. The van der Waals surface area contributed by atoms with E-state index < -0.39 is 5.91 Å². The molecule has 1 saturated heterocycles. The van der Waals surface area contributed by atoms with Crippen LogP contribution in [0.2, 0.25) is 0 Å². The van der Waals surface area contributed by atoms with Gasteiger partial charge in [0.05, 0.1) is 35.4 Å². The highest BCUT2D eigenvalue weighted by Crippen LogP contribution is 2.31. The van der Waals surface area contributed by atoms with Crippen molar-refractivity contribution < 1.29 is 14.3 Å². The molecule has 0 spiro atoms. The number of carbonyl (C=O) groups is 2. The van der Waals surface area contributed by atoms with Crippen molar-refractivity contribution in [2.45, 2.75) is 19.8 Å². The number of aromatic nitrogens is 2. The van der Waals surface area contributed by atoms with Crippen LogP contribution in [0.4, 0.5) is 28.7 Å². The summed E-state index contributed by atoms with van der Waals surface area (Å²) < 4.78 is 5.67. The molecular formula is C25H29N7O3. The maximum atomic E-state index is 12.0. The van der Waals surface area contributed by atoms with Crippen molar-refractivity contribution in [2.24, 2.45) is 17.4 Å². The highest BCUT2D eigenvalue weighted by Gasteiger charge is 2.23. The standard InChI is InChI=1S/C25H29N7O3/c1-2-35-21-6-4-3-5-19(21)30-20-13-23(29-15-18(20)25(27)34)31-22-8-7-17(14-28-22)32-11-9-16(10-12-32)24(26)33/h3-8,13-16H,2,9-12H2,1H3,(H2,26,33)(H2,27,34)(H2,28,29,30,31). The van der Waals surface area contributed by atoms with Crippen molar-refractivity contribution in [1.82, 2.24) is 9.97 Å². The largest absolute Gasteiger partial charge is 0.492 e. The second-order valence-electron chi connectivity index (χ2n) is 8.22. The Hall–Kier alpha value is -4.34. The van der Waals surface area contributed by atoms with Crippen LogP contribution in [0, 0.1) is 5.92 Å². The molecule has 10 nitrogen and oxygen atoms in total. The number of rotatable bonds is 9. The molecule has 182 valence electrons. The van der Waals surface area contributed by atoms with E-state index in [1.54, 1.807) is 12.3 Å². The summed E-state index contributed by atoms with van der Waals surface area (Å²) in [5, 5.41) is 6.39. The Morgan fingerprint density at radius 2 is 1.74 bits per heavy atom. The number of benzene rings is 1. The van der Waals surface area contributed by atoms with Gasteiger partial charge in [0.1, 0.15) is 17.4 Å². The number of para-hydroxylation sites is 2. The maximum Gasteiger partial charge on any atom is 0.252 e. The molecule has 4 rings (SSSR count). The van der Waals surface area contributed by atoms with Gasteiger partial charge in [0.25, 0.3) is 5.91 Å². The fourth-order valence-electron chi connectivity index (χ4n) is 4.02. The van der Waals surface area contributed by atoms with Crippen molar-refractivity contribution >= 4 is 40.5 Å². The van der Waals surface area contributed by atoms with Gasteiger partial charge in [-0.25, -0.2) is 9.97 Å². The van der Waals surface area contributed by atoms with E-state index in [1.165, 1.54) is 6.20 Å². The van der Waals surface area contributed by atoms with Crippen LogP contribution in [-0.4, -0.2) is 41.5 Å². The van der Waals surface area contributed by atoms with Crippen LogP contribution in [0.1, 0.15) is 30.1 Å². The summed E-state index contributed by atoms with van der Waals surface area (Å²) in [4.78, 5) is 34.4. The number of pyridine rings is 2. The topological polar surface area (TPSA) is 148 Å². The lowest BCUT2D eigenvalue weighted by atomic mass is 9.96. The summed E-state index contributed by atoms with van der Waals surface area (Å²) in [7, 11) is 0. The molecule has 1 aliphatic rings. The van der Waals surface area contributed by atoms with E-state index in [9.17, 15) is 9.59 Å². The average molecular weight is 476 g/mol. The van der Waals surface area contributed by atoms with Crippen molar-refractivity contribution in [1.29, 1.82) is 0 Å². The molecule has 0 unspecified atom stereocenters. The minimum Gasteiger partial charge on any atom is -0.492 e. The summed E-state index contributed by atoms with van der Waals surface area (Å²) in [6, 6.07) is 13.0. The molecule has 1 fully saturated rings. The fourth-order valence-corrected chi connectivity index (χ4v) is 4.02. The molecule has 3 heterocycles. The normalized spacial score (nSPS) is 13.8. The van der Waals surface area contributed by atoms with Gasteiger partial charge >= 0.3 is 0 Å². The van der Waals surface area contributed by atoms with E-state index in [1.807, 2.05) is 43.3 Å². The number of hydrogen-bond donors (Lipinski definition) is 4. The van der Waals surface area contributed by atoms with Gasteiger partial charge in [-0.2, -0.15) is 0 Å². The molecule has 0 bridgehead atoms. The summed E-state index contributed by atoms with van der Waals surface area (Å²) in [5.41, 5.74) is 13.4. The first-order chi connectivity index (χ1) is 16.9. The Kier molecular flexibility index (Phi) is 7.30. The molecule has 2 aromatic heterocycles. The average Bonchev–Trinajstić information content (AvgIpc) is 2.86. The van der Waals surface area contributed by atoms with E-state index in [0.717, 1.165) is 31.6 Å². The smallest absolute Gasteiger partial charge is 0.252 e. The van der Waals surface area contributed by atoms with E-state index in [-0.39, 0.29) is 17.4 Å². The highest BCUT2D eigenvalue weighted by atomic mass is 16.5. The SMILES string of the molecule is CCOc1ccccc1Nc1cc(Nc2ccc(N3CCC(C(N)=O)CC3)cn2)ncc1C(N)=O. The van der Waals surface area contributed by atoms with Crippen LogP contribution in [0.5, 0.6) is 5.75 Å². The van der Waals surface area contributed by atoms with Crippen LogP contribution in [-0.2, 0) is 4.79 Å². The first-order valence-corrected chi connectivity index (χ1v) is 11.5. The molecule has 0 aliphatic carbocycles. The van der Waals surface area contributed by atoms with Gasteiger partial charge in [-0.1, -0.05) is 12.1 Å². The zero-order valence-electron chi connectivity index (χ0n) is 19.5. The third kappa shape index (κ3) is 5.78. The second kappa shape index (κ2) is 10.7. The highest BCUT2D eigenvalue weighted by molar-refractivity contribution is 5.99. The third-order valence-electron chi connectivity index (χ3n) is 5.89. The van der Waals surface area contributed by atoms with Crippen molar-refractivity contribution in [2.75, 3.05) is 35.2 Å². The Balaban J connectivity index is 1.49. The molecule has 6 N–H and O–H groups in total. The quantitative estimate of drug-likeness (QED) is 0.369. The Bertz CT molecular complexity index is 1190. The zero-order valence-corrected chi connectivity index (χ0v) is 19.5. The minimum atomic E-state index is -0.594. The van der Waals surface area contributed by atoms with Gasteiger partial charge in [0.15, 0.2) is 0 Å². The Morgan fingerprint density at radius 1 is 1.00 bits per heavy atom. The second-order valence-corrected chi connectivity index (χ2v) is 8.22. The molecule has 1 aromatic carbocycles. The molecule has 35 heavy (non-hydrogen) atoms. The predicted octanol–water partition coefficient (Wildman–Crippen LogP) is 3.16. The zero-order chi connectivity index (χ0) is 24.8. The van der Waals surface area contributed by atoms with E-state index in [4.69, 9.17) is 16.2 Å². The number of hydrogen-bond acceptors (Lipinski definition) is 8. The molecule has 3 aromatic rings. The maximum absolute atomic E-state index is 12.0. The summed E-state index contributed by atoms with van der Waals surface area (Å²) in [5.74, 6) is 0.872. The number of piperidine rings is 1. The first-order valence-electron chi connectivity index (χ1n) is 11.5. The summed E-state index contributed by atoms with van der Waals surface area (Å²) in [6.07, 6.45) is 4.69. The van der Waals surface area contributed by atoms with E-state index >= 15 is 0 Å². The van der Waals surface area contributed by atoms with Crippen LogP contribution in [0.25, 0.3) is 0 Å². The van der Waals surface area contributed by atoms with Gasteiger partial charge in [-0.15, -0.1) is 0 Å². The van der Waals surface area contributed by atoms with Crippen molar-refractivity contribution in [3.8, 4) is 5.75 Å². The van der Waals surface area contributed by atoms with Crippen LogP contribution >= 0.6 is 0 Å². The van der Waals surface area contributed by atoms with E-state index in [0.29, 0.717) is 35.4 Å². The molecule has 10 heteroatoms. The monoisotopic (exact) mass is 475 g/mol. The van der Waals surface area contributed by atoms with Gasteiger partial charge in [0.2, 0.25) is 5.91 Å². The minimum absolute atomic E-state index is 0.0575. The van der Waals surface area contributed by atoms with Gasteiger partial charge < -0.3 is 31.7 Å². The van der Waals surface area contributed by atoms with Crippen LogP contribution in [0.3, 0.4) is 0 Å². The number of ether oxygens (including phenoxy) is 1. The number of amides is 2. The molecule has 1 aliphatic heterocycles. The van der Waals surface area contributed by atoms with Crippen LogP contribution in [0.15, 0.2) is 54.9 Å². The molecular weight excluding hydrogens is 446 g/mol.